The molecule has 114 valence electrons. The molecule has 0 radical (unpaired) electrons. The average molecular weight is 289 g/mol. The minimum absolute atomic E-state index is 0.161. The highest BCUT2D eigenvalue weighted by molar-refractivity contribution is 5.81. The second-order valence-corrected chi connectivity index (χ2v) is 6.92. The molecule has 0 spiro atoms. The Morgan fingerprint density at radius 1 is 1.14 bits per heavy atom. The number of methoxy groups -OCH3 is 2. The van der Waals surface area contributed by atoms with Gasteiger partial charge in [0.2, 0.25) is 5.91 Å². The number of carbonyl (C=O) groups is 1. The van der Waals surface area contributed by atoms with Crippen molar-refractivity contribution in [2.24, 2.45) is 5.92 Å². The summed E-state index contributed by atoms with van der Waals surface area (Å²) in [4.78, 5) is 14.4. The molecule has 4 nitrogen and oxygen atoms in total. The lowest BCUT2D eigenvalue weighted by Crippen LogP contribution is -2.43. The Balaban J connectivity index is 2.10. The number of amides is 1. The van der Waals surface area contributed by atoms with Crippen molar-refractivity contribution in [3.63, 3.8) is 0 Å². The topological polar surface area (TPSA) is 38.8 Å². The molecular weight excluding hydrogens is 266 g/mol. The third kappa shape index (κ3) is 2.00. The van der Waals surface area contributed by atoms with E-state index in [0.29, 0.717) is 12.3 Å². The van der Waals surface area contributed by atoms with Crippen molar-refractivity contribution in [2.75, 3.05) is 14.2 Å². The standard InChI is InChI=1S/C17H23NO3/c1-17(2,3)18-14(19)9-10-8-12-11(15(10)18)6-7-13(20-4)16(12)21-5/h6-7,10,15H,8-9H2,1-5H3/t10-,15+/m1/s1. The molecule has 0 bridgehead atoms. The van der Waals surface area contributed by atoms with Crippen LogP contribution < -0.4 is 9.47 Å². The fourth-order valence-corrected chi connectivity index (χ4v) is 3.92. The highest BCUT2D eigenvalue weighted by Crippen LogP contribution is 2.53. The highest BCUT2D eigenvalue weighted by atomic mass is 16.5. The molecule has 4 heteroatoms. The van der Waals surface area contributed by atoms with Gasteiger partial charge < -0.3 is 14.4 Å². The Hall–Kier alpha value is -1.71. The van der Waals surface area contributed by atoms with Gasteiger partial charge in [0.05, 0.1) is 20.3 Å². The molecule has 1 aromatic rings. The Labute approximate surface area is 126 Å². The number of benzene rings is 1. The lowest BCUT2D eigenvalue weighted by Gasteiger charge is -2.37. The minimum atomic E-state index is -0.161. The maximum absolute atomic E-state index is 12.4. The zero-order valence-corrected chi connectivity index (χ0v) is 13.4. The molecule has 0 unspecified atom stereocenters. The molecule has 1 aliphatic heterocycles. The third-order valence-electron chi connectivity index (χ3n) is 4.62. The van der Waals surface area contributed by atoms with E-state index >= 15 is 0 Å². The van der Waals surface area contributed by atoms with Crippen molar-refractivity contribution in [1.82, 2.24) is 4.90 Å². The zero-order chi connectivity index (χ0) is 15.4. The summed E-state index contributed by atoms with van der Waals surface area (Å²) < 4.78 is 11.0. The Bertz CT molecular complexity index is 588. The minimum Gasteiger partial charge on any atom is -0.493 e. The molecule has 0 aromatic heterocycles. The molecule has 1 aromatic carbocycles. The predicted molar refractivity (Wildman–Crippen MR) is 80.7 cm³/mol. The van der Waals surface area contributed by atoms with E-state index in [9.17, 15) is 4.79 Å². The molecular formula is C17H23NO3. The van der Waals surface area contributed by atoms with E-state index in [2.05, 4.69) is 31.7 Å². The molecule has 0 N–H and O–H groups in total. The van der Waals surface area contributed by atoms with Crippen molar-refractivity contribution >= 4 is 5.91 Å². The molecule has 2 atom stereocenters. The molecule has 1 heterocycles. The third-order valence-corrected chi connectivity index (χ3v) is 4.62. The predicted octanol–water partition coefficient (Wildman–Crippen LogP) is 2.95. The van der Waals surface area contributed by atoms with Gasteiger partial charge in [0.25, 0.3) is 0 Å². The fourth-order valence-electron chi connectivity index (χ4n) is 3.92. The molecule has 21 heavy (non-hydrogen) atoms. The van der Waals surface area contributed by atoms with E-state index in [0.717, 1.165) is 17.9 Å². The van der Waals surface area contributed by atoms with Crippen molar-refractivity contribution in [3.05, 3.63) is 23.3 Å². The van der Waals surface area contributed by atoms with Gasteiger partial charge in [-0.15, -0.1) is 0 Å². The number of hydrogen-bond donors (Lipinski definition) is 0. The quantitative estimate of drug-likeness (QED) is 0.840. The van der Waals surface area contributed by atoms with Gasteiger partial charge in [0, 0.05) is 17.5 Å². The smallest absolute Gasteiger partial charge is 0.223 e. The van der Waals surface area contributed by atoms with Crippen LogP contribution in [-0.2, 0) is 11.2 Å². The number of fused-ring (bicyclic) bond motifs is 3. The van der Waals surface area contributed by atoms with Crippen LogP contribution in [0.15, 0.2) is 12.1 Å². The van der Waals surface area contributed by atoms with Crippen molar-refractivity contribution in [1.29, 1.82) is 0 Å². The summed E-state index contributed by atoms with van der Waals surface area (Å²) in [5.41, 5.74) is 2.26. The summed E-state index contributed by atoms with van der Waals surface area (Å²) in [5.74, 6) is 2.21. The first-order valence-electron chi connectivity index (χ1n) is 7.44. The van der Waals surface area contributed by atoms with E-state index in [4.69, 9.17) is 9.47 Å². The summed E-state index contributed by atoms with van der Waals surface area (Å²) in [5, 5.41) is 0. The lowest BCUT2D eigenvalue weighted by molar-refractivity contribution is -0.133. The van der Waals surface area contributed by atoms with Gasteiger partial charge in [-0.3, -0.25) is 4.79 Å². The first-order chi connectivity index (χ1) is 9.88. The van der Waals surface area contributed by atoms with Crippen LogP contribution >= 0.6 is 0 Å². The van der Waals surface area contributed by atoms with Crippen molar-refractivity contribution in [2.45, 2.75) is 45.2 Å². The van der Waals surface area contributed by atoms with Crippen LogP contribution in [0.3, 0.4) is 0 Å². The number of ether oxygens (including phenoxy) is 2. The van der Waals surface area contributed by atoms with Gasteiger partial charge in [0.15, 0.2) is 11.5 Å². The van der Waals surface area contributed by atoms with Gasteiger partial charge in [0.1, 0.15) is 0 Å². The van der Waals surface area contributed by atoms with Gasteiger partial charge in [-0.05, 0) is 44.7 Å². The summed E-state index contributed by atoms with van der Waals surface area (Å²) in [7, 11) is 3.34. The van der Waals surface area contributed by atoms with E-state index in [1.54, 1.807) is 14.2 Å². The Kier molecular flexibility index (Phi) is 3.15. The van der Waals surface area contributed by atoms with Gasteiger partial charge in [-0.2, -0.15) is 0 Å². The molecule has 2 aliphatic rings. The van der Waals surface area contributed by atoms with E-state index in [1.807, 2.05) is 6.07 Å². The van der Waals surface area contributed by atoms with Gasteiger partial charge >= 0.3 is 0 Å². The monoisotopic (exact) mass is 289 g/mol. The van der Waals surface area contributed by atoms with Crippen molar-refractivity contribution in [3.8, 4) is 11.5 Å². The molecule has 1 saturated heterocycles. The number of carbonyl (C=O) groups excluding carboxylic acids is 1. The van der Waals surface area contributed by atoms with Crippen LogP contribution in [0.4, 0.5) is 0 Å². The molecule has 1 aliphatic carbocycles. The second-order valence-electron chi connectivity index (χ2n) is 6.92. The largest absolute Gasteiger partial charge is 0.493 e. The van der Waals surface area contributed by atoms with E-state index < -0.39 is 0 Å². The normalized spacial score (nSPS) is 24.0. The maximum atomic E-state index is 12.4. The molecule has 1 fully saturated rings. The van der Waals surface area contributed by atoms with Crippen molar-refractivity contribution < 1.29 is 14.3 Å². The van der Waals surface area contributed by atoms with Crippen LogP contribution in [0.5, 0.6) is 11.5 Å². The molecule has 0 saturated carbocycles. The van der Waals surface area contributed by atoms with Crippen LogP contribution in [0.1, 0.15) is 44.4 Å². The Morgan fingerprint density at radius 3 is 2.43 bits per heavy atom. The van der Waals surface area contributed by atoms with Crippen LogP contribution in [-0.4, -0.2) is 30.6 Å². The summed E-state index contributed by atoms with van der Waals surface area (Å²) in [6.45, 7) is 6.31. The number of nitrogens with zero attached hydrogens (tertiary/aromatic N) is 1. The zero-order valence-electron chi connectivity index (χ0n) is 13.4. The number of likely N-dealkylation sites (tertiary alicyclic amines) is 1. The van der Waals surface area contributed by atoms with Gasteiger partial charge in [-0.1, -0.05) is 6.07 Å². The van der Waals surface area contributed by atoms with Crippen LogP contribution in [0, 0.1) is 5.92 Å². The molecule has 3 rings (SSSR count). The number of rotatable bonds is 2. The summed E-state index contributed by atoms with van der Waals surface area (Å²) in [6.07, 6.45) is 1.51. The lowest BCUT2D eigenvalue weighted by atomic mass is 9.98. The van der Waals surface area contributed by atoms with Crippen LogP contribution in [0.25, 0.3) is 0 Å². The SMILES string of the molecule is COc1ccc2c(c1OC)C[C@@H]1CC(=O)N(C(C)(C)C)[C@H]21. The summed E-state index contributed by atoms with van der Waals surface area (Å²) >= 11 is 0. The number of hydrogen-bond acceptors (Lipinski definition) is 3. The summed E-state index contributed by atoms with van der Waals surface area (Å²) in [6, 6.07) is 4.22. The molecule has 1 amide bonds. The Morgan fingerprint density at radius 2 is 1.86 bits per heavy atom. The van der Waals surface area contributed by atoms with Gasteiger partial charge in [-0.25, -0.2) is 0 Å². The first kappa shape index (κ1) is 14.2. The first-order valence-corrected chi connectivity index (χ1v) is 7.44. The van der Waals surface area contributed by atoms with E-state index in [-0.39, 0.29) is 17.5 Å². The maximum Gasteiger partial charge on any atom is 0.223 e. The highest BCUT2D eigenvalue weighted by Gasteiger charge is 2.50. The van der Waals surface area contributed by atoms with E-state index in [1.165, 1.54) is 11.1 Å². The van der Waals surface area contributed by atoms with Crippen LogP contribution in [0.2, 0.25) is 0 Å². The fraction of sp³-hybridized carbons (Fsp3) is 0.588. The second kappa shape index (κ2) is 4.65. The average Bonchev–Trinajstić information content (AvgIpc) is 2.90.